The number of hydrogen-bond donors (Lipinski definition) is 0. The van der Waals surface area contributed by atoms with Crippen LogP contribution >= 0.6 is 0 Å². The molecular weight excluding hydrogens is 709 g/mol. The standard InChI is InChI=1S/C51H96O6/c1-4-7-10-13-16-19-22-24-26-28-29-32-35-38-41-44-50(53)56-47-48(46-55-49(52)43-40-37-34-31-21-18-15-12-9-6-3)57-51(54)45-42-39-36-33-30-27-25-23-20-17-14-11-8-5-2/h24,26,48H,4-23,25,27-47H2,1-3H3/b26-24-/t48-/m1/s1. The Morgan fingerprint density at radius 1 is 0.333 bits per heavy atom. The van der Waals surface area contributed by atoms with E-state index < -0.39 is 6.10 Å². The van der Waals surface area contributed by atoms with E-state index in [1.54, 1.807) is 0 Å². The molecule has 0 bridgehead atoms. The van der Waals surface area contributed by atoms with Gasteiger partial charge < -0.3 is 14.2 Å². The first-order valence-corrected chi connectivity index (χ1v) is 25.2. The van der Waals surface area contributed by atoms with Crippen molar-refractivity contribution < 1.29 is 28.6 Å². The number of carbonyl (C=O) groups is 3. The van der Waals surface area contributed by atoms with Gasteiger partial charge in [-0.05, 0) is 44.9 Å². The van der Waals surface area contributed by atoms with Crippen LogP contribution in [0.4, 0.5) is 0 Å². The molecule has 0 radical (unpaired) electrons. The first-order valence-electron chi connectivity index (χ1n) is 25.2. The molecule has 0 amide bonds. The fourth-order valence-corrected chi connectivity index (χ4v) is 7.44. The highest BCUT2D eigenvalue weighted by molar-refractivity contribution is 5.71. The number of ether oxygens (including phenoxy) is 3. The third-order valence-electron chi connectivity index (χ3n) is 11.3. The van der Waals surface area contributed by atoms with E-state index >= 15 is 0 Å². The minimum Gasteiger partial charge on any atom is -0.462 e. The van der Waals surface area contributed by atoms with Crippen LogP contribution in [0.1, 0.15) is 278 Å². The molecule has 0 fully saturated rings. The number of unbranched alkanes of at least 4 members (excludes halogenated alkanes) is 33. The molecular formula is C51H96O6. The largest absolute Gasteiger partial charge is 0.462 e. The van der Waals surface area contributed by atoms with Crippen molar-refractivity contribution in [2.45, 2.75) is 284 Å². The van der Waals surface area contributed by atoms with E-state index in [2.05, 4.69) is 32.9 Å². The molecule has 57 heavy (non-hydrogen) atoms. The van der Waals surface area contributed by atoms with Gasteiger partial charge in [-0.25, -0.2) is 0 Å². The molecule has 0 aliphatic heterocycles. The molecule has 336 valence electrons. The zero-order chi connectivity index (χ0) is 41.5. The predicted octanol–water partition coefficient (Wildman–Crippen LogP) is 16.2. The van der Waals surface area contributed by atoms with Crippen LogP contribution < -0.4 is 0 Å². The van der Waals surface area contributed by atoms with Crippen LogP contribution in [-0.2, 0) is 28.6 Å². The van der Waals surface area contributed by atoms with Gasteiger partial charge in [0.05, 0.1) is 0 Å². The summed E-state index contributed by atoms with van der Waals surface area (Å²) < 4.78 is 16.8. The van der Waals surface area contributed by atoms with Crippen LogP contribution in [0.15, 0.2) is 12.2 Å². The molecule has 0 spiro atoms. The topological polar surface area (TPSA) is 78.9 Å². The lowest BCUT2D eigenvalue weighted by molar-refractivity contribution is -0.167. The summed E-state index contributed by atoms with van der Waals surface area (Å²) in [6.07, 6.45) is 50.5. The SMILES string of the molecule is CCCCCCCC/C=C\CCCCCCCC(=O)OC[C@@H](COC(=O)CCCCCCCCCCCC)OC(=O)CCCCCCCCCCCCCCCC. The van der Waals surface area contributed by atoms with E-state index in [9.17, 15) is 14.4 Å². The van der Waals surface area contributed by atoms with E-state index in [0.29, 0.717) is 19.3 Å². The van der Waals surface area contributed by atoms with Crippen LogP contribution in [0.2, 0.25) is 0 Å². The summed E-state index contributed by atoms with van der Waals surface area (Å²) in [4.78, 5) is 37.8. The summed E-state index contributed by atoms with van der Waals surface area (Å²) in [6.45, 7) is 6.64. The smallest absolute Gasteiger partial charge is 0.306 e. The van der Waals surface area contributed by atoms with E-state index in [1.165, 1.54) is 173 Å². The van der Waals surface area contributed by atoms with Gasteiger partial charge in [0, 0.05) is 19.3 Å². The van der Waals surface area contributed by atoms with Gasteiger partial charge in [0.15, 0.2) is 6.10 Å². The highest BCUT2D eigenvalue weighted by atomic mass is 16.6. The van der Waals surface area contributed by atoms with Crippen molar-refractivity contribution in [3.63, 3.8) is 0 Å². The van der Waals surface area contributed by atoms with Crippen molar-refractivity contribution in [2.75, 3.05) is 13.2 Å². The molecule has 0 aromatic carbocycles. The highest BCUT2D eigenvalue weighted by Crippen LogP contribution is 2.16. The maximum atomic E-state index is 12.8. The normalized spacial score (nSPS) is 12.0. The van der Waals surface area contributed by atoms with Crippen molar-refractivity contribution in [2.24, 2.45) is 0 Å². The Kier molecular flexibility index (Phi) is 45.3. The predicted molar refractivity (Wildman–Crippen MR) is 243 cm³/mol. The third kappa shape index (κ3) is 45.1. The van der Waals surface area contributed by atoms with Crippen LogP contribution in [0.25, 0.3) is 0 Å². The fourth-order valence-electron chi connectivity index (χ4n) is 7.44. The Bertz CT molecular complexity index is 885. The number of allylic oxidation sites excluding steroid dienone is 2. The second kappa shape index (κ2) is 46.8. The molecule has 0 aromatic rings. The Morgan fingerprint density at radius 3 is 0.877 bits per heavy atom. The quantitative estimate of drug-likeness (QED) is 0.0264. The Balaban J connectivity index is 4.32. The highest BCUT2D eigenvalue weighted by Gasteiger charge is 2.19. The molecule has 0 saturated heterocycles. The van der Waals surface area contributed by atoms with Crippen molar-refractivity contribution >= 4 is 17.9 Å². The third-order valence-corrected chi connectivity index (χ3v) is 11.3. The number of rotatable bonds is 46. The molecule has 6 nitrogen and oxygen atoms in total. The lowest BCUT2D eigenvalue weighted by atomic mass is 10.0. The average Bonchev–Trinajstić information content (AvgIpc) is 3.21. The minimum atomic E-state index is -0.765. The molecule has 0 aromatic heterocycles. The fraction of sp³-hybridized carbons (Fsp3) is 0.902. The molecule has 0 aliphatic rings. The number of hydrogen-bond acceptors (Lipinski definition) is 6. The molecule has 0 N–H and O–H groups in total. The first kappa shape index (κ1) is 55.2. The van der Waals surface area contributed by atoms with E-state index in [-0.39, 0.29) is 31.1 Å². The molecule has 1 atom stereocenters. The molecule has 0 rings (SSSR count). The molecule has 0 heterocycles. The summed E-state index contributed by atoms with van der Waals surface area (Å²) in [5, 5.41) is 0. The molecule has 0 saturated carbocycles. The molecule has 0 unspecified atom stereocenters. The van der Waals surface area contributed by atoms with Gasteiger partial charge in [-0.3, -0.25) is 14.4 Å². The van der Waals surface area contributed by atoms with E-state index in [1.807, 2.05) is 0 Å². The van der Waals surface area contributed by atoms with Gasteiger partial charge in [-0.1, -0.05) is 226 Å². The molecule has 0 aliphatic carbocycles. The van der Waals surface area contributed by atoms with Crippen molar-refractivity contribution in [3.05, 3.63) is 12.2 Å². The summed E-state index contributed by atoms with van der Waals surface area (Å²) in [5.74, 6) is -0.863. The van der Waals surface area contributed by atoms with Crippen LogP contribution in [0.3, 0.4) is 0 Å². The van der Waals surface area contributed by atoms with Crippen LogP contribution in [0.5, 0.6) is 0 Å². The minimum absolute atomic E-state index is 0.0677. The second-order valence-corrected chi connectivity index (χ2v) is 17.1. The summed E-state index contributed by atoms with van der Waals surface area (Å²) >= 11 is 0. The maximum Gasteiger partial charge on any atom is 0.306 e. The summed E-state index contributed by atoms with van der Waals surface area (Å²) in [7, 11) is 0. The molecule has 6 heteroatoms. The Hall–Kier alpha value is -1.85. The van der Waals surface area contributed by atoms with E-state index in [0.717, 1.165) is 64.2 Å². The second-order valence-electron chi connectivity index (χ2n) is 17.1. The maximum absolute atomic E-state index is 12.8. The van der Waals surface area contributed by atoms with Gasteiger partial charge in [-0.15, -0.1) is 0 Å². The summed E-state index contributed by atoms with van der Waals surface area (Å²) in [5.41, 5.74) is 0. The number of esters is 3. The van der Waals surface area contributed by atoms with Crippen molar-refractivity contribution in [1.29, 1.82) is 0 Å². The van der Waals surface area contributed by atoms with Gasteiger partial charge >= 0.3 is 17.9 Å². The zero-order valence-electron chi connectivity index (χ0n) is 38.4. The van der Waals surface area contributed by atoms with Gasteiger partial charge in [-0.2, -0.15) is 0 Å². The lowest BCUT2D eigenvalue weighted by Crippen LogP contribution is -2.30. The first-order chi connectivity index (χ1) is 28.0. The lowest BCUT2D eigenvalue weighted by Gasteiger charge is -2.18. The van der Waals surface area contributed by atoms with Gasteiger partial charge in [0.2, 0.25) is 0 Å². The monoisotopic (exact) mass is 805 g/mol. The average molecular weight is 805 g/mol. The van der Waals surface area contributed by atoms with Crippen LogP contribution in [0, 0.1) is 0 Å². The van der Waals surface area contributed by atoms with Gasteiger partial charge in [0.1, 0.15) is 13.2 Å². The Morgan fingerprint density at radius 2 is 0.579 bits per heavy atom. The van der Waals surface area contributed by atoms with Crippen LogP contribution in [-0.4, -0.2) is 37.2 Å². The van der Waals surface area contributed by atoms with Gasteiger partial charge in [0.25, 0.3) is 0 Å². The number of carbonyl (C=O) groups excluding carboxylic acids is 3. The van der Waals surface area contributed by atoms with Crippen molar-refractivity contribution in [1.82, 2.24) is 0 Å². The Labute approximate surface area is 354 Å². The van der Waals surface area contributed by atoms with Crippen molar-refractivity contribution in [3.8, 4) is 0 Å². The zero-order valence-corrected chi connectivity index (χ0v) is 38.4. The summed E-state index contributed by atoms with van der Waals surface area (Å²) in [6, 6.07) is 0. The van der Waals surface area contributed by atoms with E-state index in [4.69, 9.17) is 14.2 Å².